The highest BCUT2D eigenvalue weighted by atomic mass is 32.2. The monoisotopic (exact) mass is 540 g/mol. The average Bonchev–Trinajstić information content (AvgIpc) is 3.48. The number of anilines is 1. The van der Waals surface area contributed by atoms with Crippen molar-refractivity contribution in [1.82, 2.24) is 4.98 Å². The van der Waals surface area contributed by atoms with Gasteiger partial charge in [0.25, 0.3) is 10.0 Å². The molecule has 0 spiro atoms. The van der Waals surface area contributed by atoms with Crippen LogP contribution in [0.3, 0.4) is 0 Å². The topological polar surface area (TPSA) is 96.8 Å². The lowest BCUT2D eigenvalue weighted by atomic mass is 10.0. The predicted molar refractivity (Wildman–Crippen MR) is 147 cm³/mol. The number of nitrogens with zero attached hydrogens (tertiary/aromatic N) is 2. The van der Waals surface area contributed by atoms with Crippen LogP contribution < -0.4 is 9.04 Å². The van der Waals surface area contributed by atoms with E-state index in [1.807, 2.05) is 51.1 Å². The minimum atomic E-state index is -3.87. The van der Waals surface area contributed by atoms with Crippen LogP contribution in [0.2, 0.25) is 0 Å². The van der Waals surface area contributed by atoms with E-state index in [2.05, 4.69) is 4.98 Å². The van der Waals surface area contributed by atoms with Crippen LogP contribution in [0.1, 0.15) is 53.8 Å². The molecule has 1 aliphatic carbocycles. The van der Waals surface area contributed by atoms with Crippen molar-refractivity contribution < 1.29 is 23.1 Å². The molecule has 0 bridgehead atoms. The number of ether oxygens (including phenoxy) is 1. The second kappa shape index (κ2) is 11.1. The summed E-state index contributed by atoms with van der Waals surface area (Å²) < 4.78 is 35.4. The van der Waals surface area contributed by atoms with Crippen LogP contribution in [0.15, 0.2) is 46.1 Å². The molecular weight excluding hydrogens is 508 g/mol. The molecule has 0 atom stereocenters. The first-order chi connectivity index (χ1) is 17.5. The van der Waals surface area contributed by atoms with E-state index < -0.39 is 16.0 Å². The molecule has 1 aliphatic rings. The van der Waals surface area contributed by atoms with E-state index in [4.69, 9.17) is 9.84 Å². The molecule has 0 saturated heterocycles. The maximum absolute atomic E-state index is 13.8. The van der Waals surface area contributed by atoms with Gasteiger partial charge < -0.3 is 9.84 Å². The summed E-state index contributed by atoms with van der Waals surface area (Å²) in [6, 6.07) is 9.62. The van der Waals surface area contributed by atoms with Gasteiger partial charge in [-0.05, 0) is 85.1 Å². The van der Waals surface area contributed by atoms with E-state index in [-0.39, 0.29) is 16.9 Å². The van der Waals surface area contributed by atoms with Gasteiger partial charge in [-0.1, -0.05) is 32.0 Å². The summed E-state index contributed by atoms with van der Waals surface area (Å²) in [7, 11) is -3.87. The molecule has 0 radical (unpaired) electrons. The van der Waals surface area contributed by atoms with Crippen molar-refractivity contribution in [1.29, 1.82) is 0 Å². The van der Waals surface area contributed by atoms with Crippen molar-refractivity contribution in [2.24, 2.45) is 5.92 Å². The summed E-state index contributed by atoms with van der Waals surface area (Å²) in [4.78, 5) is 15.1. The minimum Gasteiger partial charge on any atom is -0.487 e. The van der Waals surface area contributed by atoms with Crippen LogP contribution in [-0.2, 0) is 34.3 Å². The molecule has 0 saturated carbocycles. The predicted octanol–water partition coefficient (Wildman–Crippen LogP) is 5.78. The molecule has 1 N–H and O–H groups in total. The maximum Gasteiger partial charge on any atom is 0.328 e. The molecule has 0 fully saturated rings. The average molecular weight is 541 g/mol. The Kier molecular flexibility index (Phi) is 8.04. The van der Waals surface area contributed by atoms with E-state index in [1.54, 1.807) is 18.4 Å². The number of hydrogen-bond acceptors (Lipinski definition) is 6. The number of hydrogen-bond donors (Lipinski definition) is 1. The Morgan fingerprint density at radius 1 is 1.19 bits per heavy atom. The highest BCUT2D eigenvalue weighted by molar-refractivity contribution is 7.94. The van der Waals surface area contributed by atoms with Crippen molar-refractivity contribution in [2.45, 2.75) is 57.9 Å². The molecule has 0 aliphatic heterocycles. The van der Waals surface area contributed by atoms with Crippen molar-refractivity contribution in [3.05, 3.63) is 75.3 Å². The smallest absolute Gasteiger partial charge is 0.328 e. The first kappa shape index (κ1) is 26.9. The molecule has 9 heteroatoms. The lowest BCUT2D eigenvalue weighted by molar-refractivity contribution is -0.131. The fourth-order valence-electron chi connectivity index (χ4n) is 4.41. The number of sulfonamides is 1. The SMILES string of the molecule is Cc1csc(S(=O)(=O)N(CC(C)C)c2cc3c(cc2OCc2ccc(/C=C/C(=O)O)cc2C)CCC3)n1. The van der Waals surface area contributed by atoms with Gasteiger partial charge in [-0.2, -0.15) is 8.42 Å². The zero-order valence-electron chi connectivity index (χ0n) is 21.5. The fraction of sp³-hybridized carbons (Fsp3) is 0.357. The van der Waals surface area contributed by atoms with Gasteiger partial charge >= 0.3 is 5.97 Å². The Balaban J connectivity index is 1.70. The molecule has 0 unspecified atom stereocenters. The first-order valence-corrected chi connectivity index (χ1v) is 14.6. The summed E-state index contributed by atoms with van der Waals surface area (Å²) in [6.45, 7) is 8.28. The Labute approximate surface area is 222 Å². The van der Waals surface area contributed by atoms with Gasteiger partial charge in [0.15, 0.2) is 0 Å². The quantitative estimate of drug-likeness (QED) is 0.328. The molecule has 7 nitrogen and oxygen atoms in total. The summed E-state index contributed by atoms with van der Waals surface area (Å²) >= 11 is 1.13. The van der Waals surface area contributed by atoms with E-state index in [0.717, 1.165) is 58.9 Å². The molecule has 2 aromatic carbocycles. The number of aromatic nitrogens is 1. The third-order valence-corrected chi connectivity index (χ3v) is 9.38. The van der Waals surface area contributed by atoms with Gasteiger partial charge in [0, 0.05) is 23.7 Å². The number of fused-ring (bicyclic) bond motifs is 1. The van der Waals surface area contributed by atoms with E-state index >= 15 is 0 Å². The Bertz CT molecular complexity index is 1440. The third-order valence-electron chi connectivity index (χ3n) is 6.25. The lowest BCUT2D eigenvalue weighted by Gasteiger charge is -2.28. The normalized spacial score (nSPS) is 13.3. The van der Waals surface area contributed by atoms with Crippen LogP contribution >= 0.6 is 11.3 Å². The van der Waals surface area contributed by atoms with E-state index in [1.165, 1.54) is 9.87 Å². The standard InChI is InChI=1S/C28H32N2O5S2/c1-18(2)15-30(37(33,34)28-29-20(4)17-36-28)25-13-22-6-5-7-23(22)14-26(25)35-16-24-10-8-21(12-19(24)3)9-11-27(31)32/h8-14,17-18H,5-7,15-16H2,1-4H3,(H,31,32)/b11-9+. The second-order valence-electron chi connectivity index (χ2n) is 9.77. The van der Waals surface area contributed by atoms with Crippen molar-refractivity contribution in [2.75, 3.05) is 10.8 Å². The maximum atomic E-state index is 13.8. The number of benzene rings is 2. The highest BCUT2D eigenvalue weighted by Gasteiger charge is 2.32. The first-order valence-electron chi connectivity index (χ1n) is 12.3. The highest BCUT2D eigenvalue weighted by Crippen LogP contribution is 2.39. The van der Waals surface area contributed by atoms with Crippen LogP contribution in [-0.4, -0.2) is 31.0 Å². The Hall–Kier alpha value is -3.17. The van der Waals surface area contributed by atoms with Crippen LogP contribution in [0.4, 0.5) is 5.69 Å². The van der Waals surface area contributed by atoms with Crippen LogP contribution in [0.5, 0.6) is 5.75 Å². The van der Waals surface area contributed by atoms with Crippen molar-refractivity contribution >= 4 is 39.1 Å². The molecule has 37 heavy (non-hydrogen) atoms. The van der Waals surface area contributed by atoms with E-state index in [0.29, 0.717) is 23.7 Å². The molecular formula is C28H32N2O5S2. The molecule has 1 aromatic heterocycles. The summed E-state index contributed by atoms with van der Waals surface area (Å²) in [6.07, 6.45) is 5.55. The van der Waals surface area contributed by atoms with Gasteiger partial charge in [-0.15, -0.1) is 11.3 Å². The van der Waals surface area contributed by atoms with Crippen LogP contribution in [0.25, 0.3) is 6.08 Å². The third kappa shape index (κ3) is 6.22. The van der Waals surface area contributed by atoms with Gasteiger partial charge in [0.1, 0.15) is 12.4 Å². The summed E-state index contributed by atoms with van der Waals surface area (Å²) in [5.74, 6) is -0.374. The Morgan fingerprint density at radius 2 is 1.92 bits per heavy atom. The zero-order chi connectivity index (χ0) is 26.7. The number of carbonyl (C=O) groups is 1. The minimum absolute atomic E-state index is 0.0814. The lowest BCUT2D eigenvalue weighted by Crippen LogP contribution is -2.34. The number of aryl methyl sites for hydroxylation is 4. The van der Waals surface area contributed by atoms with E-state index in [9.17, 15) is 13.2 Å². The second-order valence-corrected chi connectivity index (χ2v) is 12.7. The van der Waals surface area contributed by atoms with Gasteiger partial charge in [-0.25, -0.2) is 9.78 Å². The Morgan fingerprint density at radius 3 is 2.54 bits per heavy atom. The summed E-state index contributed by atoms with van der Waals surface area (Å²) in [5, 5.41) is 10.6. The number of aliphatic carboxylic acids is 1. The molecule has 196 valence electrons. The number of thiazole rings is 1. The number of carboxylic acids is 1. The largest absolute Gasteiger partial charge is 0.487 e. The molecule has 3 aromatic rings. The number of rotatable bonds is 10. The number of carboxylic acid groups (broad SMARTS) is 1. The molecule has 4 rings (SSSR count). The van der Waals surface area contributed by atoms with Crippen LogP contribution in [0, 0.1) is 19.8 Å². The molecule has 0 amide bonds. The zero-order valence-corrected chi connectivity index (χ0v) is 23.2. The van der Waals surface area contributed by atoms with Gasteiger partial charge in [0.05, 0.1) is 5.69 Å². The fourth-order valence-corrected chi connectivity index (χ4v) is 7.17. The van der Waals surface area contributed by atoms with Gasteiger partial charge in [-0.3, -0.25) is 4.31 Å². The van der Waals surface area contributed by atoms with Crippen molar-refractivity contribution in [3.63, 3.8) is 0 Å². The van der Waals surface area contributed by atoms with Crippen molar-refractivity contribution in [3.8, 4) is 5.75 Å². The molecule has 1 heterocycles. The van der Waals surface area contributed by atoms with Gasteiger partial charge in [0.2, 0.25) is 4.34 Å². The summed E-state index contributed by atoms with van der Waals surface area (Å²) in [5.41, 5.74) is 6.25.